The third kappa shape index (κ3) is 7.06. The molecule has 7 nitrogen and oxygen atoms in total. The van der Waals surface area contributed by atoms with Crippen molar-refractivity contribution in [1.29, 1.82) is 0 Å². The Morgan fingerprint density at radius 2 is 1.34 bits per heavy atom. The zero-order valence-electron chi connectivity index (χ0n) is 20.2. The molecule has 9 unspecified atom stereocenters. The Bertz CT molecular complexity index is 706. The van der Waals surface area contributed by atoms with E-state index in [2.05, 4.69) is 59.4 Å². The Balaban J connectivity index is 1.30. The van der Waals surface area contributed by atoms with Gasteiger partial charge in [0.05, 0.1) is 6.10 Å². The van der Waals surface area contributed by atoms with Gasteiger partial charge in [-0.2, -0.15) is 0 Å². The van der Waals surface area contributed by atoms with Crippen LogP contribution in [0.5, 0.6) is 5.75 Å². The average Bonchev–Trinajstić information content (AvgIpc) is 3.69. The molecular formula is C25H42N4O3. The van der Waals surface area contributed by atoms with Gasteiger partial charge in [-0.05, 0) is 51.0 Å². The van der Waals surface area contributed by atoms with Gasteiger partial charge in [0.25, 0.3) is 0 Å². The van der Waals surface area contributed by atoms with Crippen LogP contribution in [-0.2, 0) is 0 Å². The highest BCUT2D eigenvalue weighted by Gasteiger charge is 2.33. The first-order chi connectivity index (χ1) is 15.3. The summed E-state index contributed by atoms with van der Waals surface area (Å²) in [6.45, 7) is 16.7. The van der Waals surface area contributed by atoms with Gasteiger partial charge in [0.2, 0.25) is 0 Å². The van der Waals surface area contributed by atoms with Crippen LogP contribution in [0.25, 0.3) is 0 Å². The van der Waals surface area contributed by atoms with E-state index in [0.717, 1.165) is 44.2 Å². The maximum absolute atomic E-state index is 10.7. The van der Waals surface area contributed by atoms with Crippen LogP contribution in [0.3, 0.4) is 0 Å². The van der Waals surface area contributed by atoms with Crippen LogP contribution in [0.4, 0.5) is 5.69 Å². The number of aliphatic hydroxyl groups excluding tert-OH is 2. The van der Waals surface area contributed by atoms with Crippen LogP contribution in [0.2, 0.25) is 0 Å². The summed E-state index contributed by atoms with van der Waals surface area (Å²) in [5.74, 6) is 1.30. The van der Waals surface area contributed by atoms with E-state index in [4.69, 9.17) is 4.74 Å². The number of aliphatic hydroxyl groups is 2. The van der Waals surface area contributed by atoms with E-state index in [9.17, 15) is 10.2 Å². The second-order valence-corrected chi connectivity index (χ2v) is 10.5. The van der Waals surface area contributed by atoms with Crippen LogP contribution < -0.4 is 9.64 Å². The number of benzene rings is 1. The van der Waals surface area contributed by atoms with Crippen LogP contribution in [-0.4, -0.2) is 114 Å². The molecule has 180 valence electrons. The van der Waals surface area contributed by atoms with Gasteiger partial charge in [0, 0.05) is 76.2 Å². The number of ether oxygens (including phenoxy) is 1. The molecule has 3 saturated heterocycles. The predicted molar refractivity (Wildman–Crippen MR) is 128 cm³/mol. The smallest absolute Gasteiger partial charge is 0.119 e. The maximum Gasteiger partial charge on any atom is 0.119 e. The largest absolute Gasteiger partial charge is 0.491 e. The fourth-order valence-electron chi connectivity index (χ4n) is 4.61. The number of β-amino-alcohol motifs (C(OH)–C–C–N with tert-alkyl or cyclic N) is 2. The molecule has 0 aromatic heterocycles. The molecule has 3 aliphatic heterocycles. The zero-order chi connectivity index (χ0) is 22.8. The van der Waals surface area contributed by atoms with Crippen molar-refractivity contribution < 1.29 is 14.9 Å². The molecule has 4 rings (SSSR count). The van der Waals surface area contributed by atoms with Crippen molar-refractivity contribution in [2.75, 3.05) is 63.9 Å². The van der Waals surface area contributed by atoms with Crippen molar-refractivity contribution in [2.45, 2.75) is 58.0 Å². The Morgan fingerprint density at radius 3 is 1.88 bits per heavy atom. The quantitative estimate of drug-likeness (QED) is 0.418. The lowest BCUT2D eigenvalue weighted by atomic mass is 10.1. The highest BCUT2D eigenvalue weighted by atomic mass is 16.5. The first-order valence-corrected chi connectivity index (χ1v) is 12.3. The van der Waals surface area contributed by atoms with E-state index >= 15 is 0 Å². The minimum absolute atomic E-state index is 0.310. The van der Waals surface area contributed by atoms with Crippen molar-refractivity contribution in [3.8, 4) is 5.75 Å². The van der Waals surface area contributed by atoms with Crippen molar-refractivity contribution in [2.24, 2.45) is 5.92 Å². The summed E-state index contributed by atoms with van der Waals surface area (Å²) in [5, 5.41) is 20.9. The summed E-state index contributed by atoms with van der Waals surface area (Å²) in [6.07, 6.45) is -0.829. The molecule has 1 aromatic carbocycles. The number of nitrogens with zero attached hydrogens (tertiary/aromatic N) is 4. The first kappa shape index (κ1) is 23.8. The van der Waals surface area contributed by atoms with Gasteiger partial charge in [-0.3, -0.25) is 14.7 Å². The lowest BCUT2D eigenvalue weighted by Gasteiger charge is -2.30. The zero-order valence-corrected chi connectivity index (χ0v) is 20.2. The first-order valence-electron chi connectivity index (χ1n) is 12.3. The van der Waals surface area contributed by atoms with Crippen LogP contribution in [0.15, 0.2) is 24.3 Å². The molecule has 0 bridgehead atoms. The van der Waals surface area contributed by atoms with Crippen molar-refractivity contribution >= 4 is 5.69 Å². The second-order valence-electron chi connectivity index (χ2n) is 10.5. The molecule has 1 aromatic rings. The van der Waals surface area contributed by atoms with Gasteiger partial charge in [-0.15, -0.1) is 0 Å². The van der Waals surface area contributed by atoms with E-state index in [1.165, 1.54) is 6.54 Å². The van der Waals surface area contributed by atoms with E-state index in [-0.39, 0.29) is 6.10 Å². The lowest BCUT2D eigenvalue weighted by Crippen LogP contribution is -2.40. The number of hydrogen-bond acceptors (Lipinski definition) is 7. The Kier molecular flexibility index (Phi) is 7.62. The summed E-state index contributed by atoms with van der Waals surface area (Å²) < 4.78 is 5.82. The third-order valence-corrected chi connectivity index (χ3v) is 7.01. The van der Waals surface area contributed by atoms with Crippen LogP contribution in [0, 0.1) is 5.92 Å². The van der Waals surface area contributed by atoms with E-state index in [1.54, 1.807) is 0 Å². The molecular weight excluding hydrogens is 404 g/mol. The molecule has 0 radical (unpaired) electrons. The highest BCUT2D eigenvalue weighted by molar-refractivity contribution is 5.49. The van der Waals surface area contributed by atoms with E-state index in [1.807, 2.05) is 12.1 Å². The summed E-state index contributed by atoms with van der Waals surface area (Å²) in [4.78, 5) is 9.36. The molecule has 2 N–H and O–H groups in total. The predicted octanol–water partition coefficient (Wildman–Crippen LogP) is 1.34. The van der Waals surface area contributed by atoms with Gasteiger partial charge in [0.1, 0.15) is 18.5 Å². The Morgan fingerprint density at radius 1 is 0.844 bits per heavy atom. The average molecular weight is 447 g/mol. The Hall–Kier alpha value is -1.38. The van der Waals surface area contributed by atoms with Gasteiger partial charge in [-0.25, -0.2) is 0 Å². The summed E-state index contributed by atoms with van der Waals surface area (Å²) in [7, 11) is 0. The summed E-state index contributed by atoms with van der Waals surface area (Å²) in [5.41, 5.74) is 1.11. The normalized spacial score (nSPS) is 33.3. The van der Waals surface area contributed by atoms with E-state index < -0.39 is 6.10 Å². The molecule has 3 aliphatic rings. The molecule has 3 heterocycles. The summed E-state index contributed by atoms with van der Waals surface area (Å²) in [6, 6.07) is 10.0. The Labute approximate surface area is 193 Å². The van der Waals surface area contributed by atoms with Gasteiger partial charge >= 0.3 is 0 Å². The highest BCUT2D eigenvalue weighted by Crippen LogP contribution is 2.24. The number of rotatable bonds is 14. The topological polar surface area (TPSA) is 62.0 Å². The van der Waals surface area contributed by atoms with Crippen LogP contribution in [0.1, 0.15) is 27.7 Å². The minimum Gasteiger partial charge on any atom is -0.491 e. The fourth-order valence-corrected chi connectivity index (χ4v) is 4.61. The number of anilines is 1. The summed E-state index contributed by atoms with van der Waals surface area (Å²) >= 11 is 0. The molecule has 0 saturated carbocycles. The van der Waals surface area contributed by atoms with Crippen molar-refractivity contribution in [1.82, 2.24) is 14.7 Å². The SMILES string of the molecule is CC(CN(CC(O)CN1CC1C)c1ccc(OCC(O)CN2CC2C)cc1)CN1CC1C. The molecule has 7 heteroatoms. The van der Waals surface area contributed by atoms with Gasteiger partial charge in [0.15, 0.2) is 0 Å². The molecule has 0 aliphatic carbocycles. The van der Waals surface area contributed by atoms with Crippen molar-refractivity contribution in [3.63, 3.8) is 0 Å². The second kappa shape index (κ2) is 10.3. The lowest BCUT2D eigenvalue weighted by molar-refractivity contribution is 0.0925. The minimum atomic E-state index is -0.466. The third-order valence-electron chi connectivity index (χ3n) is 7.01. The number of hydrogen-bond donors (Lipinski definition) is 2. The van der Waals surface area contributed by atoms with Gasteiger partial charge in [-0.1, -0.05) is 6.92 Å². The standard InChI is InChI=1S/C25H42N4O3/c1-18(9-26-11-19(26)2)10-29(15-23(30)14-27-12-20(27)3)22-5-7-25(8-6-22)32-17-24(31)16-28-13-21(28)4/h5-8,18-21,23-24,30-31H,9-17H2,1-4H3. The fraction of sp³-hybridized carbons (Fsp3) is 0.760. The molecule has 9 atom stereocenters. The van der Waals surface area contributed by atoms with Gasteiger partial charge < -0.3 is 19.8 Å². The molecule has 0 spiro atoms. The monoisotopic (exact) mass is 446 g/mol. The maximum atomic E-state index is 10.7. The molecule has 32 heavy (non-hydrogen) atoms. The van der Waals surface area contributed by atoms with E-state index in [0.29, 0.717) is 43.7 Å². The molecule has 3 fully saturated rings. The van der Waals surface area contributed by atoms with Crippen LogP contribution >= 0.6 is 0 Å². The molecule has 0 amide bonds. The van der Waals surface area contributed by atoms with Crippen molar-refractivity contribution in [3.05, 3.63) is 24.3 Å².